The lowest BCUT2D eigenvalue weighted by molar-refractivity contribution is -0.141. The fourth-order valence-electron chi connectivity index (χ4n) is 4.13. The molecule has 0 spiro atoms. The number of para-hydroxylation sites is 1. The summed E-state index contributed by atoms with van der Waals surface area (Å²) in [6.45, 7) is -0.00362. The van der Waals surface area contributed by atoms with Crippen molar-refractivity contribution in [1.29, 1.82) is 0 Å². The Hall–Kier alpha value is -3.72. The number of halogens is 1. The molecule has 2 amide bonds. The predicted octanol–water partition coefficient (Wildman–Crippen LogP) is 3.76. The maximum Gasteiger partial charge on any atom is 0.242 e. The third-order valence-corrected chi connectivity index (χ3v) is 7.21. The van der Waals surface area contributed by atoms with E-state index < -0.39 is 21.9 Å². The Labute approximate surface area is 218 Å². The summed E-state index contributed by atoms with van der Waals surface area (Å²) in [7, 11) is -2.07. The molecule has 0 aromatic heterocycles. The van der Waals surface area contributed by atoms with Crippen molar-refractivity contribution in [2.75, 3.05) is 24.2 Å². The van der Waals surface area contributed by atoms with E-state index in [-0.39, 0.29) is 44.2 Å². The smallest absolute Gasteiger partial charge is 0.242 e. The van der Waals surface area contributed by atoms with Crippen LogP contribution in [0.1, 0.15) is 24.0 Å². The van der Waals surface area contributed by atoms with Crippen LogP contribution in [0, 0.1) is 5.82 Å². The van der Waals surface area contributed by atoms with Gasteiger partial charge in [0.1, 0.15) is 11.9 Å². The maximum atomic E-state index is 14.6. The third-order valence-electron chi connectivity index (χ3n) is 6.01. The Balaban J connectivity index is 1.84. The lowest BCUT2D eigenvalue weighted by Crippen LogP contribution is -2.50. The van der Waals surface area contributed by atoms with Crippen LogP contribution in [0.4, 0.5) is 10.1 Å². The van der Waals surface area contributed by atoms with Gasteiger partial charge in [-0.05, 0) is 30.2 Å². The van der Waals surface area contributed by atoms with E-state index in [2.05, 4.69) is 5.32 Å². The van der Waals surface area contributed by atoms with E-state index in [1.54, 1.807) is 48.5 Å². The molecule has 3 rings (SSSR count). The molecule has 0 aliphatic rings. The molecule has 1 atom stereocenters. The standard InChI is InChI=1S/C28H32FN3O4S/c1-30-28(34)26(20-22-12-5-3-6-13-22)31(21-23-14-9-10-17-25(23)29)27(33)18-11-19-32(37(2,35)36)24-15-7-4-8-16-24/h3-10,12-17,26H,11,18-21H2,1-2H3,(H,30,34)/t26-/m1/s1. The summed E-state index contributed by atoms with van der Waals surface area (Å²) in [6, 6.07) is 23.2. The molecule has 0 aliphatic heterocycles. The molecule has 0 aliphatic carbocycles. The van der Waals surface area contributed by atoms with Gasteiger partial charge >= 0.3 is 0 Å². The number of likely N-dealkylation sites (N-methyl/N-ethyl adjacent to an activating group) is 1. The van der Waals surface area contributed by atoms with Gasteiger partial charge in [0.2, 0.25) is 21.8 Å². The highest BCUT2D eigenvalue weighted by Crippen LogP contribution is 2.20. The quantitative estimate of drug-likeness (QED) is 0.390. The molecule has 1 N–H and O–H groups in total. The average molecular weight is 526 g/mol. The minimum Gasteiger partial charge on any atom is -0.357 e. The van der Waals surface area contributed by atoms with Gasteiger partial charge in [-0.2, -0.15) is 0 Å². The first-order chi connectivity index (χ1) is 17.7. The number of hydrogen-bond donors (Lipinski definition) is 1. The fourth-order valence-corrected chi connectivity index (χ4v) is 5.09. The molecule has 0 fully saturated rings. The number of anilines is 1. The van der Waals surface area contributed by atoms with Crippen LogP contribution < -0.4 is 9.62 Å². The van der Waals surface area contributed by atoms with Gasteiger partial charge in [-0.3, -0.25) is 13.9 Å². The first-order valence-corrected chi connectivity index (χ1v) is 13.9. The number of hydrogen-bond acceptors (Lipinski definition) is 4. The summed E-state index contributed by atoms with van der Waals surface area (Å²) >= 11 is 0. The number of sulfonamides is 1. The topological polar surface area (TPSA) is 86.8 Å². The van der Waals surface area contributed by atoms with Crippen LogP contribution in [0.15, 0.2) is 84.9 Å². The number of amides is 2. The second kappa shape index (κ2) is 13.0. The van der Waals surface area contributed by atoms with Crippen molar-refractivity contribution in [3.8, 4) is 0 Å². The Morgan fingerprint density at radius 3 is 2.11 bits per heavy atom. The van der Waals surface area contributed by atoms with E-state index in [1.807, 2.05) is 30.3 Å². The van der Waals surface area contributed by atoms with E-state index in [0.717, 1.165) is 11.8 Å². The second-order valence-corrected chi connectivity index (χ2v) is 10.6. The van der Waals surface area contributed by atoms with E-state index in [9.17, 15) is 22.4 Å². The molecule has 0 bridgehead atoms. The molecule has 0 heterocycles. The summed E-state index contributed by atoms with van der Waals surface area (Å²) in [4.78, 5) is 27.9. The minimum absolute atomic E-state index is 0.0183. The zero-order chi connectivity index (χ0) is 26.8. The van der Waals surface area contributed by atoms with Crippen molar-refractivity contribution in [1.82, 2.24) is 10.2 Å². The summed E-state index contributed by atoms with van der Waals surface area (Å²) < 4.78 is 40.6. The van der Waals surface area contributed by atoms with Gasteiger partial charge in [0.05, 0.1) is 11.9 Å². The molecular formula is C28H32FN3O4S. The number of nitrogens with zero attached hydrogens (tertiary/aromatic N) is 2. The Morgan fingerprint density at radius 2 is 1.51 bits per heavy atom. The Morgan fingerprint density at radius 1 is 0.919 bits per heavy atom. The number of rotatable bonds is 12. The molecule has 0 saturated carbocycles. The van der Waals surface area contributed by atoms with Gasteiger partial charge in [0.15, 0.2) is 0 Å². The zero-order valence-corrected chi connectivity index (χ0v) is 21.8. The maximum absolute atomic E-state index is 14.6. The molecule has 0 unspecified atom stereocenters. The van der Waals surface area contributed by atoms with Crippen LogP contribution in [0.25, 0.3) is 0 Å². The highest BCUT2D eigenvalue weighted by atomic mass is 32.2. The first-order valence-electron chi connectivity index (χ1n) is 12.0. The third kappa shape index (κ3) is 7.88. The number of nitrogens with one attached hydrogen (secondary N) is 1. The van der Waals surface area contributed by atoms with Gasteiger partial charge in [-0.15, -0.1) is 0 Å². The van der Waals surface area contributed by atoms with Crippen LogP contribution >= 0.6 is 0 Å². The van der Waals surface area contributed by atoms with E-state index in [0.29, 0.717) is 11.3 Å². The van der Waals surface area contributed by atoms with E-state index in [4.69, 9.17) is 0 Å². The summed E-state index contributed by atoms with van der Waals surface area (Å²) in [5, 5.41) is 2.62. The summed E-state index contributed by atoms with van der Waals surface area (Å²) in [5.74, 6) is -1.20. The van der Waals surface area contributed by atoms with Crippen LogP contribution in [-0.2, 0) is 32.6 Å². The van der Waals surface area contributed by atoms with Gasteiger partial charge in [0, 0.05) is 38.5 Å². The van der Waals surface area contributed by atoms with Crippen molar-refractivity contribution in [2.45, 2.75) is 31.8 Å². The van der Waals surface area contributed by atoms with E-state index in [1.165, 1.54) is 22.3 Å². The second-order valence-electron chi connectivity index (χ2n) is 8.71. The molecule has 3 aromatic rings. The van der Waals surface area contributed by atoms with Crippen LogP contribution in [-0.4, -0.2) is 51.0 Å². The number of carbonyl (C=O) groups is 2. The van der Waals surface area contributed by atoms with Crippen LogP contribution in [0.3, 0.4) is 0 Å². The Bertz CT molecular complexity index is 1290. The van der Waals surface area contributed by atoms with Gasteiger partial charge < -0.3 is 10.2 Å². The van der Waals surface area contributed by atoms with Crippen molar-refractivity contribution >= 4 is 27.5 Å². The lowest BCUT2D eigenvalue weighted by atomic mass is 10.0. The molecular weight excluding hydrogens is 493 g/mol. The Kier molecular flexibility index (Phi) is 9.79. The van der Waals surface area contributed by atoms with Crippen LogP contribution in [0.5, 0.6) is 0 Å². The first kappa shape index (κ1) is 27.9. The fraction of sp³-hybridized carbons (Fsp3) is 0.286. The highest BCUT2D eigenvalue weighted by molar-refractivity contribution is 7.92. The summed E-state index contributed by atoms with van der Waals surface area (Å²) in [6.07, 6.45) is 1.57. The molecule has 0 saturated heterocycles. The van der Waals surface area contributed by atoms with E-state index >= 15 is 0 Å². The highest BCUT2D eigenvalue weighted by Gasteiger charge is 2.30. The van der Waals surface area contributed by atoms with Crippen molar-refractivity contribution < 1.29 is 22.4 Å². The molecule has 37 heavy (non-hydrogen) atoms. The number of benzene rings is 3. The van der Waals surface area contributed by atoms with Crippen LogP contribution in [0.2, 0.25) is 0 Å². The average Bonchev–Trinajstić information content (AvgIpc) is 2.89. The lowest BCUT2D eigenvalue weighted by Gasteiger charge is -2.31. The predicted molar refractivity (Wildman–Crippen MR) is 143 cm³/mol. The van der Waals surface area contributed by atoms with Gasteiger partial charge in [0.25, 0.3) is 0 Å². The van der Waals surface area contributed by atoms with Gasteiger partial charge in [-0.1, -0.05) is 66.7 Å². The van der Waals surface area contributed by atoms with Crippen molar-refractivity contribution in [3.05, 3.63) is 102 Å². The molecule has 9 heteroatoms. The number of carbonyl (C=O) groups excluding carboxylic acids is 2. The van der Waals surface area contributed by atoms with Crippen molar-refractivity contribution in [2.24, 2.45) is 0 Å². The molecule has 7 nitrogen and oxygen atoms in total. The van der Waals surface area contributed by atoms with Gasteiger partial charge in [-0.25, -0.2) is 12.8 Å². The molecule has 0 radical (unpaired) electrons. The zero-order valence-electron chi connectivity index (χ0n) is 21.0. The van der Waals surface area contributed by atoms with Crippen molar-refractivity contribution in [3.63, 3.8) is 0 Å². The minimum atomic E-state index is -3.57. The largest absolute Gasteiger partial charge is 0.357 e. The molecule has 196 valence electrons. The summed E-state index contributed by atoms with van der Waals surface area (Å²) in [5.41, 5.74) is 1.66. The molecule has 3 aromatic carbocycles. The monoisotopic (exact) mass is 525 g/mol. The normalized spacial score (nSPS) is 12.0. The SMILES string of the molecule is CNC(=O)[C@@H](Cc1ccccc1)N(Cc1ccccc1F)C(=O)CCCN(c1ccccc1)S(C)(=O)=O.